The average molecular weight is 485 g/mol. The van der Waals surface area contributed by atoms with Crippen LogP contribution in [0.3, 0.4) is 0 Å². The van der Waals surface area contributed by atoms with Gasteiger partial charge in [0.2, 0.25) is 5.95 Å². The third-order valence-electron chi connectivity index (χ3n) is 7.17. The molecule has 1 unspecified atom stereocenters. The first-order valence-corrected chi connectivity index (χ1v) is 12.3. The smallest absolute Gasteiger partial charge is 0.227 e. The van der Waals surface area contributed by atoms with E-state index in [9.17, 15) is 14.6 Å². The molecule has 0 aromatic carbocycles. The Morgan fingerprint density at radius 2 is 2.06 bits per heavy atom. The summed E-state index contributed by atoms with van der Waals surface area (Å²) < 4.78 is 16.4. The highest BCUT2D eigenvalue weighted by molar-refractivity contribution is 5.92. The number of β-amino-alcohol motifs (C(OH)–C–C–N with tert-alkyl or cyclic N) is 1. The van der Waals surface area contributed by atoms with Crippen molar-refractivity contribution in [3.05, 3.63) is 24.5 Å². The molecule has 0 amide bonds. The van der Waals surface area contributed by atoms with E-state index in [0.29, 0.717) is 37.1 Å². The van der Waals surface area contributed by atoms with Gasteiger partial charge in [0, 0.05) is 44.1 Å². The molecular formula is C24H33FN8O2. The second-order valence-corrected chi connectivity index (χ2v) is 9.89. The highest BCUT2D eigenvalue weighted by atomic mass is 19.1. The van der Waals surface area contributed by atoms with Gasteiger partial charge in [0.05, 0.1) is 29.2 Å². The molecule has 0 bridgehead atoms. The van der Waals surface area contributed by atoms with Gasteiger partial charge in [0.1, 0.15) is 17.8 Å². The van der Waals surface area contributed by atoms with Crippen molar-refractivity contribution in [3.8, 4) is 0 Å². The van der Waals surface area contributed by atoms with Crippen LogP contribution in [-0.4, -0.2) is 79.0 Å². The number of piperidine rings is 1. The summed E-state index contributed by atoms with van der Waals surface area (Å²) >= 11 is 0. The van der Waals surface area contributed by atoms with Gasteiger partial charge in [-0.15, -0.1) is 0 Å². The van der Waals surface area contributed by atoms with Crippen LogP contribution in [-0.2, 0) is 0 Å². The minimum Gasteiger partial charge on any atom is -0.391 e. The van der Waals surface area contributed by atoms with Crippen molar-refractivity contribution in [2.75, 3.05) is 41.3 Å². The van der Waals surface area contributed by atoms with E-state index in [2.05, 4.69) is 39.0 Å². The Hall–Kier alpha value is -3.05. The maximum Gasteiger partial charge on any atom is 0.227 e. The minimum absolute atomic E-state index is 0.0444. The van der Waals surface area contributed by atoms with Crippen LogP contribution in [0.4, 0.5) is 27.8 Å². The molecule has 2 fully saturated rings. The fourth-order valence-electron chi connectivity index (χ4n) is 4.64. The molecule has 3 N–H and O–H groups in total. The number of aliphatic hydroxyl groups excluding tert-OH is 1. The second kappa shape index (κ2) is 9.19. The molecule has 3 aromatic rings. The molecule has 10 nitrogen and oxygen atoms in total. The minimum atomic E-state index is -1.37. The molecule has 0 spiro atoms. The number of aromatic nitrogens is 5. The number of fused-ring (bicyclic) bond motifs is 1. The van der Waals surface area contributed by atoms with Crippen LogP contribution in [0.1, 0.15) is 46.1 Å². The Bertz CT molecular complexity index is 1200. The summed E-state index contributed by atoms with van der Waals surface area (Å²) in [6.45, 7) is 7.64. The van der Waals surface area contributed by atoms with Crippen LogP contribution < -0.4 is 15.1 Å². The van der Waals surface area contributed by atoms with Gasteiger partial charge < -0.3 is 25.3 Å². The summed E-state index contributed by atoms with van der Waals surface area (Å²) in [5, 5.41) is 29.2. The van der Waals surface area contributed by atoms with Crippen molar-refractivity contribution >= 4 is 34.3 Å². The summed E-state index contributed by atoms with van der Waals surface area (Å²) in [5.41, 5.74) is -0.364. The molecule has 2 aliphatic rings. The van der Waals surface area contributed by atoms with Gasteiger partial charge in [-0.2, -0.15) is 10.1 Å². The van der Waals surface area contributed by atoms with E-state index >= 15 is 0 Å². The molecule has 5 rings (SSSR count). The molecule has 2 aliphatic heterocycles. The number of pyridine rings is 1. The molecule has 0 saturated carbocycles. The van der Waals surface area contributed by atoms with Crippen molar-refractivity contribution in [2.24, 2.45) is 0 Å². The Kier molecular flexibility index (Phi) is 6.22. The van der Waals surface area contributed by atoms with E-state index in [4.69, 9.17) is 5.10 Å². The summed E-state index contributed by atoms with van der Waals surface area (Å²) in [6, 6.07) is 3.90. The van der Waals surface area contributed by atoms with Crippen LogP contribution in [0.15, 0.2) is 24.5 Å². The first kappa shape index (κ1) is 23.7. The summed E-state index contributed by atoms with van der Waals surface area (Å²) in [4.78, 5) is 17.3. The van der Waals surface area contributed by atoms with E-state index in [1.807, 2.05) is 16.9 Å². The fraction of sp³-hybridized carbons (Fsp3) is 0.583. The lowest BCUT2D eigenvalue weighted by Crippen LogP contribution is -2.52. The van der Waals surface area contributed by atoms with E-state index < -0.39 is 11.8 Å². The van der Waals surface area contributed by atoms with Crippen LogP contribution in [0, 0.1) is 0 Å². The van der Waals surface area contributed by atoms with Crippen molar-refractivity contribution in [2.45, 2.75) is 64.0 Å². The van der Waals surface area contributed by atoms with Crippen LogP contribution in [0.25, 0.3) is 10.9 Å². The third-order valence-corrected chi connectivity index (χ3v) is 7.17. The van der Waals surface area contributed by atoms with Crippen LogP contribution in [0.2, 0.25) is 0 Å². The van der Waals surface area contributed by atoms with Crippen molar-refractivity contribution < 1.29 is 14.6 Å². The Morgan fingerprint density at radius 3 is 2.77 bits per heavy atom. The standard InChI is InChI=1S/C24H33FN8O2/c1-4-15(2)33-18-11-21(27-12-17(18)22(30-33)31-9-6-16(34)13-31)28-20-5-8-26-23(29-20)32-10-7-24(3,35)19(25)14-32/h5,8,11-12,15-16,19,34-35H,4,6-7,9-10,13-14H2,1-3H3,(H,26,27,28,29)/t15?,16-,19+,24-/m0/s1. The Morgan fingerprint density at radius 1 is 1.23 bits per heavy atom. The van der Waals surface area contributed by atoms with Crippen molar-refractivity contribution in [1.29, 1.82) is 0 Å². The first-order chi connectivity index (χ1) is 16.7. The Labute approximate surface area is 203 Å². The zero-order chi connectivity index (χ0) is 24.7. The molecular weight excluding hydrogens is 451 g/mol. The number of nitrogens with one attached hydrogen (secondary N) is 1. The lowest BCUT2D eigenvalue weighted by Gasteiger charge is -2.38. The van der Waals surface area contributed by atoms with Gasteiger partial charge in [-0.1, -0.05) is 6.92 Å². The largest absolute Gasteiger partial charge is 0.391 e. The fourth-order valence-corrected chi connectivity index (χ4v) is 4.64. The van der Waals surface area contributed by atoms with Crippen molar-refractivity contribution in [1.82, 2.24) is 24.7 Å². The zero-order valence-corrected chi connectivity index (χ0v) is 20.4. The van der Waals surface area contributed by atoms with Gasteiger partial charge in [0.15, 0.2) is 5.82 Å². The number of rotatable bonds is 6. The number of alkyl halides is 1. The lowest BCUT2D eigenvalue weighted by molar-refractivity contribution is -0.0332. The van der Waals surface area contributed by atoms with Crippen molar-refractivity contribution in [3.63, 3.8) is 0 Å². The number of anilines is 4. The van der Waals surface area contributed by atoms with E-state index in [0.717, 1.165) is 36.1 Å². The van der Waals surface area contributed by atoms with E-state index in [-0.39, 0.29) is 18.7 Å². The molecule has 2 saturated heterocycles. The predicted octanol–water partition coefficient (Wildman–Crippen LogP) is 2.81. The number of nitrogens with zero attached hydrogens (tertiary/aromatic N) is 7. The van der Waals surface area contributed by atoms with Gasteiger partial charge in [-0.3, -0.25) is 4.68 Å². The summed E-state index contributed by atoms with van der Waals surface area (Å²) in [5.74, 6) is 2.42. The highest BCUT2D eigenvalue weighted by Gasteiger charge is 2.38. The zero-order valence-electron chi connectivity index (χ0n) is 20.4. The first-order valence-electron chi connectivity index (χ1n) is 12.3. The molecule has 188 valence electrons. The normalized spacial score (nSPS) is 25.9. The number of halogens is 1. The van der Waals surface area contributed by atoms with E-state index in [1.165, 1.54) is 6.92 Å². The van der Waals surface area contributed by atoms with Gasteiger partial charge in [-0.25, -0.2) is 14.4 Å². The monoisotopic (exact) mass is 484 g/mol. The summed E-state index contributed by atoms with van der Waals surface area (Å²) in [7, 11) is 0. The van der Waals surface area contributed by atoms with Gasteiger partial charge in [0.25, 0.3) is 0 Å². The lowest BCUT2D eigenvalue weighted by atomic mass is 9.92. The maximum absolute atomic E-state index is 14.4. The number of hydrogen-bond donors (Lipinski definition) is 3. The number of aliphatic hydroxyl groups is 2. The molecule has 35 heavy (non-hydrogen) atoms. The molecule has 5 heterocycles. The van der Waals surface area contributed by atoms with Gasteiger partial charge >= 0.3 is 0 Å². The quantitative estimate of drug-likeness (QED) is 0.486. The van der Waals surface area contributed by atoms with Crippen LogP contribution in [0.5, 0.6) is 0 Å². The predicted molar refractivity (Wildman–Crippen MR) is 133 cm³/mol. The summed E-state index contributed by atoms with van der Waals surface area (Å²) in [6.07, 6.45) is 3.71. The Balaban J connectivity index is 1.41. The molecule has 0 aliphatic carbocycles. The van der Waals surface area contributed by atoms with Gasteiger partial charge in [-0.05, 0) is 39.2 Å². The molecule has 4 atom stereocenters. The second-order valence-electron chi connectivity index (χ2n) is 9.89. The molecule has 3 aromatic heterocycles. The van der Waals surface area contributed by atoms with Crippen LogP contribution >= 0.6 is 0 Å². The maximum atomic E-state index is 14.4. The highest BCUT2D eigenvalue weighted by Crippen LogP contribution is 2.33. The average Bonchev–Trinajstić information content (AvgIpc) is 3.44. The topological polar surface area (TPSA) is 115 Å². The van der Waals surface area contributed by atoms with E-state index in [1.54, 1.807) is 17.2 Å². The molecule has 0 radical (unpaired) electrons. The number of hydrogen-bond acceptors (Lipinski definition) is 9. The molecule has 11 heteroatoms. The third kappa shape index (κ3) is 4.62. The SMILES string of the molecule is CCC(C)n1nc(N2CC[C@H](O)C2)c2cnc(Nc3ccnc(N4CC[C@](C)(O)[C@H](F)C4)n3)cc21.